The van der Waals surface area contributed by atoms with Crippen molar-refractivity contribution in [1.82, 2.24) is 0 Å². The molecule has 1 aliphatic heterocycles. The lowest BCUT2D eigenvalue weighted by atomic mass is 9.84. The highest BCUT2D eigenvalue weighted by molar-refractivity contribution is 6.22. The second-order valence-corrected chi connectivity index (χ2v) is 11.6. The fourth-order valence-corrected chi connectivity index (χ4v) is 6.83. The van der Waals surface area contributed by atoms with Gasteiger partial charge in [-0.25, -0.2) is 0 Å². The summed E-state index contributed by atoms with van der Waals surface area (Å²) < 4.78 is 0. The lowest BCUT2D eigenvalue weighted by Gasteiger charge is -2.22. The second-order valence-electron chi connectivity index (χ2n) is 11.6. The minimum absolute atomic E-state index is 0.388. The molecular formula is C42H31N. The van der Waals surface area contributed by atoms with Crippen molar-refractivity contribution < 1.29 is 0 Å². The molecule has 1 aliphatic rings. The van der Waals surface area contributed by atoms with Crippen molar-refractivity contribution >= 4 is 32.9 Å². The van der Waals surface area contributed by atoms with Crippen molar-refractivity contribution in [2.45, 2.75) is 13.3 Å². The van der Waals surface area contributed by atoms with Crippen LogP contribution in [-0.2, 0) is 6.42 Å². The Kier molecular flexibility index (Phi) is 6.23. The fraction of sp³-hybridized carbons (Fsp3) is 0.0714. The van der Waals surface area contributed by atoms with Crippen LogP contribution in [0.3, 0.4) is 0 Å². The monoisotopic (exact) mass is 549 g/mol. The van der Waals surface area contributed by atoms with E-state index in [0.717, 1.165) is 12.1 Å². The summed E-state index contributed by atoms with van der Waals surface area (Å²) in [7, 11) is 0. The maximum Gasteiger partial charge on any atom is 0.0665 e. The highest BCUT2D eigenvalue weighted by atomic mass is 14.8. The van der Waals surface area contributed by atoms with E-state index < -0.39 is 0 Å². The molecule has 0 spiro atoms. The van der Waals surface area contributed by atoms with Gasteiger partial charge in [-0.05, 0) is 84.6 Å². The third-order valence-corrected chi connectivity index (χ3v) is 8.89. The van der Waals surface area contributed by atoms with Crippen LogP contribution in [0.4, 0.5) is 5.69 Å². The van der Waals surface area contributed by atoms with E-state index in [2.05, 4.69) is 159 Å². The van der Waals surface area contributed by atoms with Crippen LogP contribution in [0.15, 0.2) is 157 Å². The molecule has 1 atom stereocenters. The Balaban J connectivity index is 1.31. The minimum Gasteiger partial charge on any atom is -0.252 e. The molecule has 7 aromatic rings. The van der Waals surface area contributed by atoms with Crippen molar-refractivity contribution in [2.24, 2.45) is 10.9 Å². The zero-order valence-corrected chi connectivity index (χ0v) is 24.2. The maximum atomic E-state index is 5.07. The average Bonchev–Trinajstić information content (AvgIpc) is 3.07. The molecule has 0 radical (unpaired) electrons. The number of para-hydroxylation sites is 1. The summed E-state index contributed by atoms with van der Waals surface area (Å²) in [6.45, 7) is 2.28. The Morgan fingerprint density at radius 2 is 0.953 bits per heavy atom. The van der Waals surface area contributed by atoms with Crippen LogP contribution in [0.25, 0.3) is 54.9 Å². The fourth-order valence-electron chi connectivity index (χ4n) is 6.83. The molecule has 0 bridgehead atoms. The minimum atomic E-state index is 0.388. The third kappa shape index (κ3) is 4.45. The van der Waals surface area contributed by atoms with E-state index in [9.17, 15) is 0 Å². The van der Waals surface area contributed by atoms with Gasteiger partial charge in [-0.3, -0.25) is 4.99 Å². The number of benzene rings is 7. The molecule has 1 nitrogen and oxygen atoms in total. The van der Waals surface area contributed by atoms with Gasteiger partial charge >= 0.3 is 0 Å². The SMILES string of the molecule is CC1Cc2ccccc2N=C1c1ccc(-c2ccc3c(-c4ccccc4)c4ccccc4c(-c4ccccc4)c3c2)cc1. The Hall–Kier alpha value is -5.27. The maximum absolute atomic E-state index is 5.07. The molecule has 1 heteroatoms. The third-order valence-electron chi connectivity index (χ3n) is 8.89. The van der Waals surface area contributed by atoms with Gasteiger partial charge in [0.15, 0.2) is 0 Å². The highest BCUT2D eigenvalue weighted by Gasteiger charge is 2.21. The molecule has 0 saturated carbocycles. The summed E-state index contributed by atoms with van der Waals surface area (Å²) in [5.74, 6) is 0.388. The number of aliphatic imine (C=N–C) groups is 1. The molecule has 0 aromatic heterocycles. The van der Waals surface area contributed by atoms with Gasteiger partial charge in [0.05, 0.1) is 11.4 Å². The van der Waals surface area contributed by atoms with E-state index in [0.29, 0.717) is 5.92 Å². The van der Waals surface area contributed by atoms with Crippen LogP contribution in [-0.4, -0.2) is 5.71 Å². The molecule has 0 saturated heterocycles. The van der Waals surface area contributed by atoms with Gasteiger partial charge in [0.25, 0.3) is 0 Å². The van der Waals surface area contributed by atoms with Gasteiger partial charge in [-0.2, -0.15) is 0 Å². The van der Waals surface area contributed by atoms with Crippen molar-refractivity contribution in [3.05, 3.63) is 163 Å². The summed E-state index contributed by atoms with van der Waals surface area (Å²) in [6, 6.07) is 55.0. The van der Waals surface area contributed by atoms with Crippen LogP contribution in [0.2, 0.25) is 0 Å². The van der Waals surface area contributed by atoms with Gasteiger partial charge < -0.3 is 0 Å². The predicted octanol–water partition coefficient (Wildman–Crippen LogP) is 11.3. The molecule has 0 amide bonds. The van der Waals surface area contributed by atoms with E-state index in [1.54, 1.807) is 0 Å². The number of hydrogen-bond acceptors (Lipinski definition) is 1. The summed E-state index contributed by atoms with van der Waals surface area (Å²) in [5, 5.41) is 5.10. The number of rotatable bonds is 4. The number of fused-ring (bicyclic) bond motifs is 3. The van der Waals surface area contributed by atoms with Gasteiger partial charge in [0.1, 0.15) is 0 Å². The molecule has 1 heterocycles. The summed E-state index contributed by atoms with van der Waals surface area (Å²) >= 11 is 0. The Morgan fingerprint density at radius 1 is 0.442 bits per heavy atom. The molecular weight excluding hydrogens is 518 g/mol. The number of nitrogens with zero attached hydrogens (tertiary/aromatic N) is 1. The van der Waals surface area contributed by atoms with Crippen molar-refractivity contribution in [3.63, 3.8) is 0 Å². The average molecular weight is 550 g/mol. The van der Waals surface area contributed by atoms with Crippen LogP contribution in [0.5, 0.6) is 0 Å². The zero-order valence-electron chi connectivity index (χ0n) is 24.2. The van der Waals surface area contributed by atoms with Crippen LogP contribution in [0.1, 0.15) is 18.1 Å². The van der Waals surface area contributed by atoms with E-state index in [1.807, 2.05) is 0 Å². The first kappa shape index (κ1) is 25.4. The molecule has 1 unspecified atom stereocenters. The van der Waals surface area contributed by atoms with Gasteiger partial charge in [0, 0.05) is 5.92 Å². The number of hydrogen-bond donors (Lipinski definition) is 0. The van der Waals surface area contributed by atoms with E-state index in [-0.39, 0.29) is 0 Å². The van der Waals surface area contributed by atoms with E-state index in [1.165, 1.54) is 71.8 Å². The van der Waals surface area contributed by atoms with E-state index in [4.69, 9.17) is 4.99 Å². The smallest absolute Gasteiger partial charge is 0.0665 e. The van der Waals surface area contributed by atoms with Crippen LogP contribution >= 0.6 is 0 Å². The Morgan fingerprint density at radius 3 is 1.63 bits per heavy atom. The molecule has 0 aliphatic carbocycles. The lowest BCUT2D eigenvalue weighted by molar-refractivity contribution is 0.755. The van der Waals surface area contributed by atoms with Crippen LogP contribution in [0, 0.1) is 5.92 Å². The Bertz CT molecular complexity index is 2140. The second kappa shape index (κ2) is 10.5. The Labute approximate surface area is 252 Å². The standard InChI is InChI=1S/C42H31N/c1-28-26-34-16-8-11-19-39(34)43-42(28)32-22-20-29(21-23-32)33-24-25-37-38(27-33)41(31-14-6-3-7-15-31)36-18-10-9-17-35(36)40(37)30-12-4-2-5-13-30/h2-25,27-28H,26H2,1H3. The summed E-state index contributed by atoms with van der Waals surface area (Å²) in [4.78, 5) is 5.07. The molecule has 8 rings (SSSR count). The van der Waals surface area contributed by atoms with Crippen molar-refractivity contribution in [2.75, 3.05) is 0 Å². The van der Waals surface area contributed by atoms with Gasteiger partial charge in [-0.1, -0.05) is 146 Å². The first-order valence-electron chi connectivity index (χ1n) is 15.1. The molecule has 7 aromatic carbocycles. The topological polar surface area (TPSA) is 12.4 Å². The van der Waals surface area contributed by atoms with Gasteiger partial charge in [-0.15, -0.1) is 0 Å². The lowest BCUT2D eigenvalue weighted by Crippen LogP contribution is -2.18. The molecule has 0 fully saturated rings. The predicted molar refractivity (Wildman–Crippen MR) is 183 cm³/mol. The van der Waals surface area contributed by atoms with Gasteiger partial charge in [0.2, 0.25) is 0 Å². The van der Waals surface area contributed by atoms with Crippen molar-refractivity contribution in [1.29, 1.82) is 0 Å². The highest BCUT2D eigenvalue weighted by Crippen LogP contribution is 2.44. The van der Waals surface area contributed by atoms with E-state index >= 15 is 0 Å². The molecule has 43 heavy (non-hydrogen) atoms. The first-order chi connectivity index (χ1) is 21.2. The summed E-state index contributed by atoms with van der Waals surface area (Å²) in [6.07, 6.45) is 1.03. The first-order valence-corrected chi connectivity index (χ1v) is 15.1. The quantitative estimate of drug-likeness (QED) is 0.194. The molecule has 0 N–H and O–H groups in total. The normalized spacial score (nSPS) is 14.4. The summed E-state index contributed by atoms with van der Waals surface area (Å²) in [5.41, 5.74) is 12.3. The molecule has 204 valence electrons. The largest absolute Gasteiger partial charge is 0.252 e. The van der Waals surface area contributed by atoms with Crippen LogP contribution < -0.4 is 0 Å². The van der Waals surface area contributed by atoms with Crippen molar-refractivity contribution in [3.8, 4) is 33.4 Å². The zero-order chi connectivity index (χ0) is 28.8.